The first-order valence-corrected chi connectivity index (χ1v) is 11.6. The van der Waals surface area contributed by atoms with Gasteiger partial charge in [0.05, 0.1) is 6.54 Å². The lowest BCUT2D eigenvalue weighted by atomic mass is 9.53. The summed E-state index contributed by atoms with van der Waals surface area (Å²) in [5.74, 6) is 1.75. The van der Waals surface area contributed by atoms with Crippen molar-refractivity contribution in [1.29, 1.82) is 0 Å². The third-order valence-electron chi connectivity index (χ3n) is 6.63. The summed E-state index contributed by atoms with van der Waals surface area (Å²) in [6.45, 7) is 0.146. The molecule has 7 nitrogen and oxygen atoms in total. The molecule has 0 aromatic heterocycles. The molecule has 0 saturated heterocycles. The Morgan fingerprint density at radius 1 is 0.900 bits per heavy atom. The monoisotopic (exact) mass is 476 g/mol. The molecule has 4 aliphatic carbocycles. The largest absolute Gasteiger partial charge is 0.347 e. The van der Waals surface area contributed by atoms with Crippen LogP contribution in [0, 0.1) is 17.8 Å². The number of halogens is 1. The van der Waals surface area contributed by atoms with E-state index in [1.807, 2.05) is 12.1 Å². The predicted molar refractivity (Wildman–Crippen MR) is 118 cm³/mol. The fourth-order valence-corrected chi connectivity index (χ4v) is 6.11. The quantitative estimate of drug-likeness (QED) is 0.486. The van der Waals surface area contributed by atoms with Crippen LogP contribution in [0.2, 0.25) is 0 Å². The standard InChI is InChI=1S/C22H29BrN4O3/c23-17-1-3-18(4-2-17)26-20(29)13-25-19(28)5-6-24-21(30)27-22-10-14-7-15(11-22)9-16(8-14)12-22/h1-4,14-16H,5-13H2,(H,25,28)(H,26,29)(H2,24,27,30). The average molecular weight is 477 g/mol. The van der Waals surface area contributed by atoms with Gasteiger partial charge in [0.15, 0.2) is 0 Å². The minimum atomic E-state index is -0.293. The molecule has 30 heavy (non-hydrogen) atoms. The van der Waals surface area contributed by atoms with E-state index in [1.165, 1.54) is 19.3 Å². The van der Waals surface area contributed by atoms with Gasteiger partial charge in [-0.15, -0.1) is 0 Å². The van der Waals surface area contributed by atoms with E-state index >= 15 is 0 Å². The number of anilines is 1. The third kappa shape index (κ3) is 5.33. The normalized spacial score (nSPS) is 28.6. The summed E-state index contributed by atoms with van der Waals surface area (Å²) in [6.07, 6.45) is 7.43. The second-order valence-electron chi connectivity index (χ2n) is 9.16. The van der Waals surface area contributed by atoms with Crippen LogP contribution in [0.4, 0.5) is 10.5 Å². The van der Waals surface area contributed by atoms with Gasteiger partial charge < -0.3 is 21.3 Å². The Morgan fingerprint density at radius 3 is 2.10 bits per heavy atom. The van der Waals surface area contributed by atoms with Gasteiger partial charge in [0.1, 0.15) is 0 Å². The Hall–Kier alpha value is -2.09. The van der Waals surface area contributed by atoms with E-state index in [0.29, 0.717) is 5.69 Å². The highest BCUT2D eigenvalue weighted by Crippen LogP contribution is 2.55. The topological polar surface area (TPSA) is 99.3 Å². The fourth-order valence-electron chi connectivity index (χ4n) is 5.84. The number of carbonyl (C=O) groups is 3. The Bertz CT molecular complexity index is 776. The molecule has 4 fully saturated rings. The summed E-state index contributed by atoms with van der Waals surface area (Å²) < 4.78 is 0.925. The van der Waals surface area contributed by atoms with Crippen molar-refractivity contribution in [3.05, 3.63) is 28.7 Å². The first-order chi connectivity index (χ1) is 14.4. The van der Waals surface area contributed by atoms with Gasteiger partial charge >= 0.3 is 6.03 Å². The zero-order valence-corrected chi connectivity index (χ0v) is 18.6. The number of carbonyl (C=O) groups excluding carboxylic acids is 3. The first-order valence-electron chi connectivity index (χ1n) is 10.8. The van der Waals surface area contributed by atoms with Crippen molar-refractivity contribution in [2.75, 3.05) is 18.4 Å². The molecular weight excluding hydrogens is 448 g/mol. The van der Waals surface area contributed by atoms with Crippen molar-refractivity contribution < 1.29 is 14.4 Å². The molecule has 162 valence electrons. The van der Waals surface area contributed by atoms with E-state index in [4.69, 9.17) is 0 Å². The molecule has 4 bridgehead atoms. The number of nitrogens with one attached hydrogen (secondary N) is 4. The molecule has 0 radical (unpaired) electrons. The van der Waals surface area contributed by atoms with Crippen LogP contribution in [0.3, 0.4) is 0 Å². The third-order valence-corrected chi connectivity index (χ3v) is 7.16. The van der Waals surface area contributed by atoms with E-state index in [9.17, 15) is 14.4 Å². The minimum Gasteiger partial charge on any atom is -0.347 e. The van der Waals surface area contributed by atoms with E-state index in [-0.39, 0.29) is 42.9 Å². The summed E-state index contributed by atoms with van der Waals surface area (Å²) in [4.78, 5) is 36.3. The molecule has 1 aromatic rings. The maximum atomic E-state index is 12.4. The van der Waals surface area contributed by atoms with Crippen LogP contribution in [-0.4, -0.2) is 36.5 Å². The SMILES string of the molecule is O=C(CCNC(=O)NC12CC3CC(CC(C3)C1)C2)NCC(=O)Nc1ccc(Br)cc1. The van der Waals surface area contributed by atoms with Crippen molar-refractivity contribution in [3.8, 4) is 0 Å². The molecule has 4 N–H and O–H groups in total. The van der Waals surface area contributed by atoms with E-state index < -0.39 is 0 Å². The number of amides is 4. The highest BCUT2D eigenvalue weighted by atomic mass is 79.9. The highest BCUT2D eigenvalue weighted by molar-refractivity contribution is 9.10. The molecular formula is C22H29BrN4O3. The van der Waals surface area contributed by atoms with Gasteiger partial charge in [0.25, 0.3) is 0 Å². The lowest BCUT2D eigenvalue weighted by Gasteiger charge is -2.56. The van der Waals surface area contributed by atoms with Crippen LogP contribution >= 0.6 is 15.9 Å². The molecule has 4 amide bonds. The predicted octanol–water partition coefficient (Wildman–Crippen LogP) is 3.16. The van der Waals surface area contributed by atoms with Gasteiger partial charge in [-0.05, 0) is 80.5 Å². The highest BCUT2D eigenvalue weighted by Gasteiger charge is 2.51. The molecule has 0 spiro atoms. The van der Waals surface area contributed by atoms with Crippen molar-refractivity contribution in [2.24, 2.45) is 17.8 Å². The number of hydrogen-bond acceptors (Lipinski definition) is 3. The smallest absolute Gasteiger partial charge is 0.315 e. The van der Waals surface area contributed by atoms with Crippen LogP contribution in [0.15, 0.2) is 28.7 Å². The van der Waals surface area contributed by atoms with E-state index in [1.54, 1.807) is 12.1 Å². The van der Waals surface area contributed by atoms with Crippen LogP contribution in [0.5, 0.6) is 0 Å². The molecule has 4 saturated carbocycles. The van der Waals surface area contributed by atoms with Crippen LogP contribution in [0.1, 0.15) is 44.9 Å². The zero-order chi connectivity index (χ0) is 21.1. The van der Waals surface area contributed by atoms with Crippen molar-refractivity contribution in [1.82, 2.24) is 16.0 Å². The van der Waals surface area contributed by atoms with Gasteiger partial charge in [-0.1, -0.05) is 15.9 Å². The van der Waals surface area contributed by atoms with Crippen LogP contribution in [0.25, 0.3) is 0 Å². The van der Waals surface area contributed by atoms with Crippen LogP contribution in [-0.2, 0) is 9.59 Å². The number of hydrogen-bond donors (Lipinski definition) is 4. The van der Waals surface area contributed by atoms with Crippen molar-refractivity contribution >= 4 is 39.5 Å². The molecule has 0 unspecified atom stereocenters. The molecule has 0 heterocycles. The summed E-state index contributed by atoms with van der Waals surface area (Å²) in [6, 6.07) is 7.02. The maximum Gasteiger partial charge on any atom is 0.315 e. The van der Waals surface area contributed by atoms with Gasteiger partial charge in [-0.3, -0.25) is 9.59 Å². The Morgan fingerprint density at radius 2 is 1.50 bits per heavy atom. The zero-order valence-electron chi connectivity index (χ0n) is 17.0. The Kier molecular flexibility index (Phi) is 6.32. The van der Waals surface area contributed by atoms with Gasteiger partial charge in [-0.2, -0.15) is 0 Å². The van der Waals surface area contributed by atoms with E-state index in [0.717, 1.165) is 41.5 Å². The molecule has 1 aromatic carbocycles. The molecule has 8 heteroatoms. The second-order valence-corrected chi connectivity index (χ2v) is 10.1. The number of rotatable bonds is 7. The van der Waals surface area contributed by atoms with Gasteiger partial charge in [-0.25, -0.2) is 4.79 Å². The molecule has 4 aliphatic rings. The Balaban J connectivity index is 1.12. The fraction of sp³-hybridized carbons (Fsp3) is 0.591. The molecule has 0 atom stereocenters. The van der Waals surface area contributed by atoms with Crippen LogP contribution < -0.4 is 21.3 Å². The summed E-state index contributed by atoms with van der Waals surface area (Å²) in [5.41, 5.74) is 0.632. The number of benzene rings is 1. The lowest BCUT2D eigenvalue weighted by Crippen LogP contribution is -2.61. The van der Waals surface area contributed by atoms with Crippen molar-refractivity contribution in [3.63, 3.8) is 0 Å². The average Bonchev–Trinajstić information content (AvgIpc) is 2.67. The number of urea groups is 1. The van der Waals surface area contributed by atoms with E-state index in [2.05, 4.69) is 37.2 Å². The summed E-state index contributed by atoms with van der Waals surface area (Å²) >= 11 is 3.34. The minimum absolute atomic E-state index is 0.0355. The second kappa shape index (κ2) is 8.96. The summed E-state index contributed by atoms with van der Waals surface area (Å²) in [5, 5.41) is 11.3. The first kappa shape index (κ1) is 21.2. The molecule has 5 rings (SSSR count). The Labute approximate surface area is 185 Å². The molecule has 0 aliphatic heterocycles. The van der Waals surface area contributed by atoms with Gasteiger partial charge in [0.2, 0.25) is 11.8 Å². The van der Waals surface area contributed by atoms with Gasteiger partial charge in [0, 0.05) is 28.7 Å². The summed E-state index contributed by atoms with van der Waals surface area (Å²) in [7, 11) is 0. The lowest BCUT2D eigenvalue weighted by molar-refractivity contribution is -0.124. The van der Waals surface area contributed by atoms with Crippen molar-refractivity contribution in [2.45, 2.75) is 50.5 Å². The maximum absolute atomic E-state index is 12.4.